The van der Waals surface area contributed by atoms with E-state index in [9.17, 15) is 14.7 Å². The Balaban J connectivity index is 2.12. The lowest BCUT2D eigenvalue weighted by Gasteiger charge is -2.11. The van der Waals surface area contributed by atoms with Crippen molar-refractivity contribution in [1.29, 1.82) is 0 Å². The molecule has 104 valence electrons. The second kappa shape index (κ2) is 6.02. The summed E-state index contributed by atoms with van der Waals surface area (Å²) in [5, 5.41) is 15.5. The highest BCUT2D eigenvalue weighted by Gasteiger charge is 2.19. The third-order valence-electron chi connectivity index (χ3n) is 2.63. The van der Waals surface area contributed by atoms with Crippen molar-refractivity contribution in [3.8, 4) is 0 Å². The van der Waals surface area contributed by atoms with Crippen LogP contribution in [0.3, 0.4) is 0 Å². The van der Waals surface area contributed by atoms with Gasteiger partial charge >= 0.3 is 0 Å². The quantitative estimate of drug-likeness (QED) is 0.935. The van der Waals surface area contributed by atoms with Crippen LogP contribution >= 0.6 is 22.9 Å². The molecule has 1 atom stereocenters. The number of para-hydroxylation sites is 1. The monoisotopic (exact) mass is 309 g/mol. The Morgan fingerprint density at radius 2 is 2.10 bits per heavy atom. The molecule has 1 heterocycles. The van der Waals surface area contributed by atoms with Gasteiger partial charge in [0, 0.05) is 5.38 Å². The smallest absolute Gasteiger partial charge is 0.234 e. The summed E-state index contributed by atoms with van der Waals surface area (Å²) >= 11 is 7.05. The Morgan fingerprint density at radius 1 is 1.40 bits per heavy atom. The molecule has 0 radical (unpaired) electrons. The van der Waals surface area contributed by atoms with E-state index in [1.165, 1.54) is 5.38 Å². The first-order chi connectivity index (χ1) is 9.49. The molecule has 0 saturated heterocycles. The Labute approximate surface area is 124 Å². The van der Waals surface area contributed by atoms with Crippen molar-refractivity contribution < 1.29 is 14.7 Å². The van der Waals surface area contributed by atoms with Gasteiger partial charge in [-0.2, -0.15) is 0 Å². The van der Waals surface area contributed by atoms with Crippen LogP contribution < -0.4 is 10.4 Å². The summed E-state index contributed by atoms with van der Waals surface area (Å²) < 4.78 is 0. The van der Waals surface area contributed by atoms with E-state index < -0.39 is 11.9 Å². The highest BCUT2D eigenvalue weighted by atomic mass is 35.5. The van der Waals surface area contributed by atoms with E-state index in [1.807, 2.05) is 0 Å². The van der Waals surface area contributed by atoms with Crippen molar-refractivity contribution in [3.63, 3.8) is 0 Å². The molecule has 0 aliphatic carbocycles. The fourth-order valence-corrected chi connectivity index (χ4v) is 2.52. The van der Waals surface area contributed by atoms with Crippen LogP contribution in [0, 0.1) is 0 Å². The minimum atomic E-state index is -1.36. The van der Waals surface area contributed by atoms with Gasteiger partial charge in [0.05, 0.1) is 28.3 Å². The third kappa shape index (κ3) is 3.15. The Hall–Kier alpha value is -1.92. The summed E-state index contributed by atoms with van der Waals surface area (Å²) in [7, 11) is 0. The van der Waals surface area contributed by atoms with Crippen LogP contribution in [0.5, 0.6) is 0 Å². The lowest BCUT2D eigenvalue weighted by Crippen LogP contribution is -2.23. The van der Waals surface area contributed by atoms with Crippen LogP contribution in [0.25, 0.3) is 0 Å². The van der Waals surface area contributed by atoms with Crippen LogP contribution in [0.4, 0.5) is 5.69 Å². The highest BCUT2D eigenvalue weighted by molar-refractivity contribution is 7.10. The SMILES string of the molecule is C[C@@H](C(=O)Nc1ccccc1Cl)c1nc(C(=O)[O-])cs1. The first kappa shape index (κ1) is 14.5. The molecule has 0 spiro atoms. The number of benzene rings is 1. The number of carboxylic acids is 1. The van der Waals surface area contributed by atoms with Gasteiger partial charge in [0.15, 0.2) is 0 Å². The fourth-order valence-electron chi connectivity index (χ4n) is 1.50. The van der Waals surface area contributed by atoms with E-state index in [0.717, 1.165) is 11.3 Å². The number of carbonyl (C=O) groups is 2. The molecule has 2 rings (SSSR count). The molecule has 1 aromatic carbocycles. The number of anilines is 1. The molecule has 20 heavy (non-hydrogen) atoms. The third-order valence-corrected chi connectivity index (χ3v) is 3.98. The number of thiazole rings is 1. The maximum atomic E-state index is 12.1. The molecule has 2 aromatic rings. The Kier molecular flexibility index (Phi) is 4.36. The zero-order valence-corrected chi connectivity index (χ0v) is 12.0. The molecule has 0 fully saturated rings. The van der Waals surface area contributed by atoms with Gasteiger partial charge in [0.1, 0.15) is 5.01 Å². The molecule has 1 amide bonds. The second-order valence-electron chi connectivity index (χ2n) is 4.05. The van der Waals surface area contributed by atoms with Crippen molar-refractivity contribution in [1.82, 2.24) is 4.98 Å². The van der Waals surface area contributed by atoms with Gasteiger partial charge < -0.3 is 15.2 Å². The van der Waals surface area contributed by atoms with E-state index in [2.05, 4.69) is 10.3 Å². The van der Waals surface area contributed by atoms with Gasteiger partial charge in [0.25, 0.3) is 0 Å². The molecule has 0 aliphatic rings. The Bertz CT molecular complexity index is 657. The number of hydrogen-bond donors (Lipinski definition) is 1. The zero-order valence-electron chi connectivity index (χ0n) is 10.4. The Morgan fingerprint density at radius 3 is 2.70 bits per heavy atom. The molecule has 0 aliphatic heterocycles. The first-order valence-corrected chi connectivity index (χ1v) is 6.97. The predicted molar refractivity (Wildman–Crippen MR) is 74.9 cm³/mol. The molecule has 0 unspecified atom stereocenters. The second-order valence-corrected chi connectivity index (χ2v) is 5.35. The van der Waals surface area contributed by atoms with E-state index in [1.54, 1.807) is 31.2 Å². The number of nitrogens with one attached hydrogen (secondary N) is 1. The lowest BCUT2D eigenvalue weighted by molar-refractivity contribution is -0.255. The number of amides is 1. The summed E-state index contributed by atoms with van der Waals surface area (Å²) in [4.78, 5) is 26.6. The van der Waals surface area contributed by atoms with Crippen molar-refractivity contribution >= 4 is 40.5 Å². The molecule has 0 saturated carbocycles. The first-order valence-electron chi connectivity index (χ1n) is 5.71. The van der Waals surface area contributed by atoms with Gasteiger partial charge in [-0.3, -0.25) is 4.79 Å². The molecular weight excluding hydrogens is 300 g/mol. The number of aromatic nitrogens is 1. The van der Waals surface area contributed by atoms with Crippen LogP contribution in [-0.2, 0) is 4.79 Å². The van der Waals surface area contributed by atoms with Crippen molar-refractivity contribution in [2.75, 3.05) is 5.32 Å². The fraction of sp³-hybridized carbons (Fsp3) is 0.154. The van der Waals surface area contributed by atoms with Crippen LogP contribution in [0.1, 0.15) is 28.3 Å². The average Bonchev–Trinajstić information content (AvgIpc) is 2.90. The van der Waals surface area contributed by atoms with E-state index >= 15 is 0 Å². The molecule has 1 N–H and O–H groups in total. The average molecular weight is 310 g/mol. The summed E-state index contributed by atoms with van der Waals surface area (Å²) in [5.74, 6) is -2.24. The van der Waals surface area contributed by atoms with Gasteiger partial charge in [-0.1, -0.05) is 23.7 Å². The van der Waals surface area contributed by atoms with Crippen molar-refractivity contribution in [2.45, 2.75) is 12.8 Å². The lowest BCUT2D eigenvalue weighted by atomic mass is 10.1. The number of halogens is 1. The van der Waals surface area contributed by atoms with Gasteiger partial charge in [-0.25, -0.2) is 4.98 Å². The van der Waals surface area contributed by atoms with E-state index in [0.29, 0.717) is 15.7 Å². The normalized spacial score (nSPS) is 11.9. The number of aromatic carboxylic acids is 1. The van der Waals surface area contributed by atoms with Crippen molar-refractivity contribution in [3.05, 3.63) is 45.4 Å². The van der Waals surface area contributed by atoms with Crippen LogP contribution in [0.15, 0.2) is 29.6 Å². The van der Waals surface area contributed by atoms with Gasteiger partial charge in [-0.05, 0) is 19.1 Å². The maximum Gasteiger partial charge on any atom is 0.234 e. The number of hydrogen-bond acceptors (Lipinski definition) is 5. The summed E-state index contributed by atoms with van der Waals surface area (Å²) in [6, 6.07) is 6.86. The largest absolute Gasteiger partial charge is 0.543 e. The molecule has 1 aromatic heterocycles. The van der Waals surface area contributed by atoms with Crippen molar-refractivity contribution in [2.24, 2.45) is 0 Å². The summed E-state index contributed by atoms with van der Waals surface area (Å²) in [5.41, 5.74) is 0.338. The zero-order chi connectivity index (χ0) is 14.7. The number of carbonyl (C=O) groups excluding carboxylic acids is 2. The summed E-state index contributed by atoms with van der Waals surface area (Å²) in [6.07, 6.45) is 0. The van der Waals surface area contributed by atoms with Gasteiger partial charge in [-0.15, -0.1) is 11.3 Å². The minimum absolute atomic E-state index is 0.164. The standard InChI is InChI=1S/C13H11ClN2O3S/c1-7(12-16-10(6-20-12)13(18)19)11(17)15-9-5-3-2-4-8(9)14/h2-7H,1H3,(H,15,17)(H,18,19)/p-1/t7-/m0/s1. The maximum absolute atomic E-state index is 12.1. The minimum Gasteiger partial charge on any atom is -0.543 e. The number of nitrogens with zero attached hydrogens (tertiary/aromatic N) is 1. The molecule has 7 heteroatoms. The molecule has 0 bridgehead atoms. The number of carboxylic acid groups (broad SMARTS) is 1. The predicted octanol–water partition coefficient (Wildman–Crippen LogP) is 1.90. The summed E-state index contributed by atoms with van der Waals surface area (Å²) in [6.45, 7) is 1.64. The van der Waals surface area contributed by atoms with E-state index in [-0.39, 0.29) is 11.6 Å². The molecule has 5 nitrogen and oxygen atoms in total. The van der Waals surface area contributed by atoms with E-state index in [4.69, 9.17) is 11.6 Å². The topological polar surface area (TPSA) is 82.1 Å². The highest BCUT2D eigenvalue weighted by Crippen LogP contribution is 2.25. The van der Waals surface area contributed by atoms with Crippen LogP contribution in [-0.4, -0.2) is 16.9 Å². The van der Waals surface area contributed by atoms with Gasteiger partial charge in [0.2, 0.25) is 5.91 Å². The number of rotatable bonds is 4. The molecular formula is C13H10ClN2O3S-. The van der Waals surface area contributed by atoms with Crippen LogP contribution in [0.2, 0.25) is 5.02 Å².